The summed E-state index contributed by atoms with van der Waals surface area (Å²) in [7, 11) is 0. The molecule has 0 aromatic heterocycles. The van der Waals surface area contributed by atoms with Crippen molar-refractivity contribution < 1.29 is 0 Å². The van der Waals surface area contributed by atoms with Gasteiger partial charge in [-0.15, -0.1) is 0 Å². The smallest absolute Gasteiger partial charge is 0.0354 e. The normalized spacial score (nSPS) is 16.7. The third-order valence-corrected chi connectivity index (χ3v) is 3.81. The van der Waals surface area contributed by atoms with Gasteiger partial charge in [-0.25, -0.2) is 0 Å². The van der Waals surface area contributed by atoms with E-state index in [2.05, 4.69) is 41.5 Å². The van der Waals surface area contributed by atoms with Crippen LogP contribution in [0.1, 0.15) is 66.7 Å². The average Bonchev–Trinajstić information content (AvgIpc) is 2.16. The predicted octanol–water partition coefficient (Wildman–Crippen LogP) is 5.09. The van der Waals surface area contributed by atoms with Gasteiger partial charge in [0.1, 0.15) is 0 Å². The van der Waals surface area contributed by atoms with Crippen LogP contribution in [0.15, 0.2) is 0 Å². The molecule has 85 valence electrons. The average molecular weight is 197 g/mol. The van der Waals surface area contributed by atoms with E-state index in [1.54, 1.807) is 0 Å². The molecule has 0 bridgehead atoms. The summed E-state index contributed by atoms with van der Waals surface area (Å²) in [5.41, 5.74) is 0.454. The molecule has 1 radical (unpaired) electrons. The lowest BCUT2D eigenvalue weighted by atomic mass is 9.82. The Hall–Kier alpha value is 0. The van der Waals surface area contributed by atoms with Crippen molar-refractivity contribution in [2.75, 3.05) is 0 Å². The Morgan fingerprint density at radius 2 is 1.71 bits per heavy atom. The van der Waals surface area contributed by atoms with Crippen molar-refractivity contribution >= 4 is 0 Å². The van der Waals surface area contributed by atoms with Gasteiger partial charge in [0.15, 0.2) is 0 Å². The van der Waals surface area contributed by atoms with E-state index in [0.29, 0.717) is 5.41 Å². The van der Waals surface area contributed by atoms with Crippen LogP contribution in [-0.4, -0.2) is 0 Å². The molecule has 0 aliphatic carbocycles. The van der Waals surface area contributed by atoms with Gasteiger partial charge in [0.2, 0.25) is 0 Å². The van der Waals surface area contributed by atoms with Crippen molar-refractivity contribution in [3.63, 3.8) is 0 Å². The molecule has 0 saturated heterocycles. The van der Waals surface area contributed by atoms with Gasteiger partial charge in [-0.05, 0) is 30.1 Å². The fraction of sp³-hybridized carbons (Fsp3) is 0.929. The van der Waals surface area contributed by atoms with Crippen LogP contribution in [0.5, 0.6) is 0 Å². The Morgan fingerprint density at radius 3 is 2.14 bits per heavy atom. The van der Waals surface area contributed by atoms with E-state index in [9.17, 15) is 0 Å². The van der Waals surface area contributed by atoms with Crippen LogP contribution in [-0.2, 0) is 0 Å². The Bertz CT molecular complexity index is 135. The molecule has 2 unspecified atom stereocenters. The van der Waals surface area contributed by atoms with E-state index < -0.39 is 0 Å². The minimum atomic E-state index is 0.454. The van der Waals surface area contributed by atoms with Gasteiger partial charge >= 0.3 is 0 Å². The zero-order chi connectivity index (χ0) is 11.2. The van der Waals surface area contributed by atoms with Crippen LogP contribution in [0.4, 0.5) is 0 Å². The van der Waals surface area contributed by atoms with Gasteiger partial charge < -0.3 is 0 Å². The van der Waals surface area contributed by atoms with Crippen molar-refractivity contribution in [3.05, 3.63) is 6.92 Å². The highest BCUT2D eigenvalue weighted by Crippen LogP contribution is 2.29. The Morgan fingerprint density at radius 1 is 1.14 bits per heavy atom. The lowest BCUT2D eigenvalue weighted by Crippen LogP contribution is -2.12. The molecule has 14 heavy (non-hydrogen) atoms. The Kier molecular flexibility index (Phi) is 6.48. The fourth-order valence-corrected chi connectivity index (χ4v) is 1.71. The minimum absolute atomic E-state index is 0.454. The van der Waals surface area contributed by atoms with Crippen molar-refractivity contribution in [2.45, 2.75) is 66.7 Å². The quantitative estimate of drug-likeness (QED) is 0.533. The predicted molar refractivity (Wildman–Crippen MR) is 66.2 cm³/mol. The van der Waals surface area contributed by atoms with Crippen molar-refractivity contribution in [1.82, 2.24) is 0 Å². The molecular weight excluding hydrogens is 168 g/mol. The van der Waals surface area contributed by atoms with Gasteiger partial charge in [0, 0.05) is 0 Å². The van der Waals surface area contributed by atoms with Crippen molar-refractivity contribution in [3.8, 4) is 0 Å². The highest BCUT2D eigenvalue weighted by molar-refractivity contribution is 4.70. The summed E-state index contributed by atoms with van der Waals surface area (Å²) >= 11 is 0. The first-order valence-electron chi connectivity index (χ1n) is 6.22. The summed E-state index contributed by atoms with van der Waals surface area (Å²) in [5.74, 6) is 1.78. The van der Waals surface area contributed by atoms with E-state index in [-0.39, 0.29) is 0 Å². The Labute approximate surface area is 91.5 Å². The maximum absolute atomic E-state index is 4.01. The van der Waals surface area contributed by atoms with Crippen LogP contribution in [0.25, 0.3) is 0 Å². The number of hydrogen-bond acceptors (Lipinski definition) is 0. The molecule has 0 aliphatic heterocycles. The second kappa shape index (κ2) is 6.48. The first-order chi connectivity index (χ1) is 6.43. The van der Waals surface area contributed by atoms with Crippen molar-refractivity contribution in [2.24, 2.45) is 17.3 Å². The SMILES string of the molecule is [CH2]CC(C)(C)CCCC(C)C(C)CC. The molecule has 0 amide bonds. The molecule has 0 aliphatic rings. The molecule has 0 aromatic rings. The summed E-state index contributed by atoms with van der Waals surface area (Å²) in [6.07, 6.45) is 6.47. The lowest BCUT2D eigenvalue weighted by Gasteiger charge is -2.24. The van der Waals surface area contributed by atoms with Gasteiger partial charge in [-0.3, -0.25) is 0 Å². The highest BCUT2D eigenvalue weighted by atomic mass is 14.2. The lowest BCUT2D eigenvalue weighted by molar-refractivity contribution is 0.285. The van der Waals surface area contributed by atoms with Crippen LogP contribution in [0, 0.1) is 24.2 Å². The van der Waals surface area contributed by atoms with Crippen LogP contribution in [0.3, 0.4) is 0 Å². The van der Waals surface area contributed by atoms with E-state index in [0.717, 1.165) is 18.3 Å². The molecule has 0 heteroatoms. The van der Waals surface area contributed by atoms with Gasteiger partial charge in [-0.1, -0.05) is 60.8 Å². The molecule has 0 fully saturated rings. The number of rotatable bonds is 7. The first kappa shape index (κ1) is 14.0. The van der Waals surface area contributed by atoms with E-state index in [1.807, 2.05) is 0 Å². The molecule has 0 nitrogen and oxygen atoms in total. The molecule has 2 atom stereocenters. The third kappa shape index (κ3) is 5.67. The summed E-state index contributed by atoms with van der Waals surface area (Å²) in [6.45, 7) is 15.7. The zero-order valence-electron chi connectivity index (χ0n) is 10.9. The second-order valence-electron chi connectivity index (χ2n) is 5.67. The molecule has 0 rings (SSSR count). The van der Waals surface area contributed by atoms with Crippen LogP contribution >= 0.6 is 0 Å². The second-order valence-corrected chi connectivity index (χ2v) is 5.67. The van der Waals surface area contributed by atoms with Crippen LogP contribution in [0.2, 0.25) is 0 Å². The van der Waals surface area contributed by atoms with Gasteiger partial charge in [0.25, 0.3) is 0 Å². The molecule has 0 saturated carbocycles. The minimum Gasteiger partial charge on any atom is -0.0651 e. The maximum atomic E-state index is 4.01. The molecule has 0 N–H and O–H groups in total. The maximum Gasteiger partial charge on any atom is -0.0354 e. The number of hydrogen-bond donors (Lipinski definition) is 0. The third-order valence-electron chi connectivity index (χ3n) is 3.81. The highest BCUT2D eigenvalue weighted by Gasteiger charge is 2.16. The van der Waals surface area contributed by atoms with Crippen molar-refractivity contribution in [1.29, 1.82) is 0 Å². The Balaban J connectivity index is 3.63. The summed E-state index contributed by atoms with van der Waals surface area (Å²) in [6, 6.07) is 0. The van der Waals surface area contributed by atoms with Crippen LogP contribution < -0.4 is 0 Å². The molecule has 0 heterocycles. The van der Waals surface area contributed by atoms with Gasteiger partial charge in [-0.2, -0.15) is 0 Å². The van der Waals surface area contributed by atoms with Gasteiger partial charge in [0.05, 0.1) is 0 Å². The zero-order valence-corrected chi connectivity index (χ0v) is 10.9. The first-order valence-corrected chi connectivity index (χ1v) is 6.22. The molecular formula is C14H29. The van der Waals surface area contributed by atoms with E-state index in [4.69, 9.17) is 0 Å². The topological polar surface area (TPSA) is 0 Å². The molecule has 0 aromatic carbocycles. The van der Waals surface area contributed by atoms with E-state index in [1.165, 1.54) is 25.7 Å². The monoisotopic (exact) mass is 197 g/mol. The van der Waals surface area contributed by atoms with E-state index >= 15 is 0 Å². The largest absolute Gasteiger partial charge is 0.0651 e. The summed E-state index contributed by atoms with van der Waals surface area (Å²) < 4.78 is 0. The molecule has 0 spiro atoms. The summed E-state index contributed by atoms with van der Waals surface area (Å²) in [4.78, 5) is 0. The summed E-state index contributed by atoms with van der Waals surface area (Å²) in [5, 5.41) is 0. The standard InChI is InChI=1S/C14H29/c1-7-12(3)13(4)10-9-11-14(5,6)8-2/h12-13H,2,7-11H2,1,3-6H3. The fourth-order valence-electron chi connectivity index (χ4n) is 1.71.